The molecule has 30 heavy (non-hydrogen) atoms. The van der Waals surface area contributed by atoms with Crippen LogP contribution in [0.25, 0.3) is 22.4 Å². The Labute approximate surface area is 180 Å². The van der Waals surface area contributed by atoms with E-state index < -0.39 is 5.97 Å². The Hall–Kier alpha value is -2.41. The highest BCUT2D eigenvalue weighted by Crippen LogP contribution is 2.32. The topological polar surface area (TPSA) is 70.4 Å². The highest BCUT2D eigenvalue weighted by molar-refractivity contribution is 6.33. The van der Waals surface area contributed by atoms with E-state index in [2.05, 4.69) is 10.2 Å². The smallest absolute Gasteiger partial charge is 0.337 e. The van der Waals surface area contributed by atoms with E-state index in [0.717, 1.165) is 24.6 Å². The maximum absolute atomic E-state index is 11.9. The van der Waals surface area contributed by atoms with Gasteiger partial charge in [-0.3, -0.25) is 0 Å². The number of piperidine rings is 3. The SMILES string of the molecule is O=C(O)c1cccc2nc(-c3ccccc3Cl)n(CCN[C@@H]3CN4CCC3CC4)c12. The molecule has 0 radical (unpaired) electrons. The van der Waals surface area contributed by atoms with Crippen LogP contribution in [0.15, 0.2) is 42.5 Å². The molecule has 2 aromatic carbocycles. The van der Waals surface area contributed by atoms with Crippen LogP contribution in [0.2, 0.25) is 5.02 Å². The normalized spacial score (nSPS) is 23.2. The molecule has 0 aliphatic carbocycles. The van der Waals surface area contributed by atoms with Crippen LogP contribution in [0, 0.1) is 5.92 Å². The van der Waals surface area contributed by atoms with Gasteiger partial charge in [-0.25, -0.2) is 9.78 Å². The second-order valence-electron chi connectivity index (χ2n) is 8.24. The number of hydrogen-bond donors (Lipinski definition) is 2. The van der Waals surface area contributed by atoms with Gasteiger partial charge in [-0.05, 0) is 56.1 Å². The standard InChI is InChI=1S/C23H25ClN4O2/c24-18-6-2-1-4-16(18)22-26-19-7-3-5-17(23(29)30)21(19)28(22)13-10-25-20-14-27-11-8-15(20)9-12-27/h1-7,15,20,25H,8-14H2,(H,29,30)/t20-/m1/s1. The van der Waals surface area contributed by atoms with Crippen LogP contribution in [-0.2, 0) is 6.54 Å². The molecule has 6 rings (SSSR count). The van der Waals surface area contributed by atoms with E-state index in [1.165, 1.54) is 25.9 Å². The summed E-state index contributed by atoms with van der Waals surface area (Å²) < 4.78 is 2.01. The lowest BCUT2D eigenvalue weighted by molar-refractivity contribution is 0.0698. The molecule has 7 heteroatoms. The molecule has 3 aliphatic heterocycles. The molecule has 3 saturated heterocycles. The van der Waals surface area contributed by atoms with E-state index in [9.17, 15) is 9.90 Å². The summed E-state index contributed by atoms with van der Waals surface area (Å²) in [6.07, 6.45) is 2.53. The van der Waals surface area contributed by atoms with Crippen LogP contribution in [0.5, 0.6) is 0 Å². The summed E-state index contributed by atoms with van der Waals surface area (Å²) in [6, 6.07) is 13.3. The highest BCUT2D eigenvalue weighted by Gasteiger charge is 2.33. The van der Waals surface area contributed by atoms with E-state index in [0.29, 0.717) is 34.5 Å². The number of fused-ring (bicyclic) bond motifs is 4. The summed E-state index contributed by atoms with van der Waals surface area (Å²) in [6.45, 7) is 4.92. The number of nitrogens with zero attached hydrogens (tertiary/aromatic N) is 3. The molecule has 1 atom stereocenters. The lowest BCUT2D eigenvalue weighted by Gasteiger charge is -2.45. The third kappa shape index (κ3) is 3.49. The zero-order valence-corrected chi connectivity index (χ0v) is 17.5. The molecule has 3 aromatic rings. The number of benzene rings is 2. The summed E-state index contributed by atoms with van der Waals surface area (Å²) >= 11 is 6.47. The van der Waals surface area contributed by atoms with Gasteiger partial charge in [0.1, 0.15) is 5.82 Å². The summed E-state index contributed by atoms with van der Waals surface area (Å²) in [7, 11) is 0. The Morgan fingerprint density at radius 3 is 2.67 bits per heavy atom. The second-order valence-corrected chi connectivity index (χ2v) is 8.65. The van der Waals surface area contributed by atoms with Crippen LogP contribution in [0.3, 0.4) is 0 Å². The van der Waals surface area contributed by atoms with E-state index in [-0.39, 0.29) is 5.56 Å². The molecule has 156 valence electrons. The Balaban J connectivity index is 1.49. The van der Waals surface area contributed by atoms with Crippen LogP contribution >= 0.6 is 11.6 Å². The molecule has 0 unspecified atom stereocenters. The number of carboxylic acids is 1. The average Bonchev–Trinajstić information content (AvgIpc) is 3.13. The number of aromatic carboxylic acids is 1. The molecule has 4 heterocycles. The van der Waals surface area contributed by atoms with Gasteiger partial charge in [-0.2, -0.15) is 0 Å². The largest absolute Gasteiger partial charge is 0.478 e. The molecule has 0 amide bonds. The first-order chi connectivity index (χ1) is 14.6. The molecule has 0 spiro atoms. The molecule has 2 bridgehead atoms. The number of rotatable bonds is 6. The first-order valence-corrected chi connectivity index (χ1v) is 10.9. The van der Waals surface area contributed by atoms with Crippen molar-refractivity contribution in [3.8, 4) is 11.4 Å². The van der Waals surface area contributed by atoms with Gasteiger partial charge in [0.2, 0.25) is 0 Å². The van der Waals surface area contributed by atoms with Crippen LogP contribution in [-0.4, -0.2) is 57.7 Å². The van der Waals surface area contributed by atoms with E-state index >= 15 is 0 Å². The number of carbonyl (C=O) groups is 1. The molecule has 6 nitrogen and oxygen atoms in total. The van der Waals surface area contributed by atoms with E-state index in [1.807, 2.05) is 34.9 Å². The fraction of sp³-hybridized carbons (Fsp3) is 0.391. The average molecular weight is 425 g/mol. The van der Waals surface area contributed by atoms with Crippen molar-refractivity contribution < 1.29 is 9.90 Å². The maximum Gasteiger partial charge on any atom is 0.337 e. The van der Waals surface area contributed by atoms with Crippen molar-refractivity contribution in [2.75, 3.05) is 26.2 Å². The Morgan fingerprint density at radius 1 is 1.17 bits per heavy atom. The Bertz CT molecular complexity index is 1090. The van der Waals surface area contributed by atoms with Gasteiger partial charge in [-0.15, -0.1) is 0 Å². The number of halogens is 1. The van der Waals surface area contributed by atoms with Gasteiger partial charge in [0, 0.05) is 31.2 Å². The summed E-state index contributed by atoms with van der Waals surface area (Å²) in [5.41, 5.74) is 2.40. The highest BCUT2D eigenvalue weighted by atomic mass is 35.5. The van der Waals surface area contributed by atoms with Gasteiger partial charge >= 0.3 is 5.97 Å². The molecule has 1 aromatic heterocycles. The maximum atomic E-state index is 11.9. The van der Waals surface area contributed by atoms with Gasteiger partial charge in [0.15, 0.2) is 0 Å². The summed E-state index contributed by atoms with van der Waals surface area (Å²) in [5, 5.41) is 14.1. The Morgan fingerprint density at radius 2 is 1.97 bits per heavy atom. The van der Waals surface area contributed by atoms with Gasteiger partial charge < -0.3 is 19.9 Å². The fourth-order valence-corrected chi connectivity index (χ4v) is 5.20. The fourth-order valence-electron chi connectivity index (χ4n) is 4.98. The predicted octanol–water partition coefficient (Wildman–Crippen LogP) is 3.74. The van der Waals surface area contributed by atoms with Crippen molar-refractivity contribution in [1.29, 1.82) is 0 Å². The van der Waals surface area contributed by atoms with Crippen LogP contribution in [0.4, 0.5) is 0 Å². The number of nitrogens with one attached hydrogen (secondary N) is 1. The summed E-state index contributed by atoms with van der Waals surface area (Å²) in [4.78, 5) is 19.2. The van der Waals surface area contributed by atoms with Crippen LogP contribution in [0.1, 0.15) is 23.2 Å². The molecule has 3 fully saturated rings. The van der Waals surface area contributed by atoms with Gasteiger partial charge in [-0.1, -0.05) is 29.8 Å². The number of para-hydroxylation sites is 1. The van der Waals surface area contributed by atoms with Crippen LogP contribution < -0.4 is 5.32 Å². The van der Waals surface area contributed by atoms with Crippen molar-refractivity contribution in [3.63, 3.8) is 0 Å². The molecular formula is C23H25ClN4O2. The minimum atomic E-state index is -0.946. The zero-order valence-electron chi connectivity index (χ0n) is 16.7. The quantitative estimate of drug-likeness (QED) is 0.630. The molecule has 0 saturated carbocycles. The first kappa shape index (κ1) is 19.5. The zero-order chi connectivity index (χ0) is 20.7. The minimum absolute atomic E-state index is 0.265. The third-order valence-corrected chi connectivity index (χ3v) is 6.84. The second kappa shape index (κ2) is 8.02. The Kier molecular flexibility index (Phi) is 5.23. The van der Waals surface area contributed by atoms with E-state index in [4.69, 9.17) is 16.6 Å². The lowest BCUT2D eigenvalue weighted by atomic mass is 9.84. The van der Waals surface area contributed by atoms with Gasteiger partial charge in [0.25, 0.3) is 0 Å². The number of carboxylic acid groups (broad SMARTS) is 1. The van der Waals surface area contributed by atoms with Crippen molar-refractivity contribution in [2.24, 2.45) is 5.92 Å². The number of hydrogen-bond acceptors (Lipinski definition) is 4. The number of aromatic nitrogens is 2. The molecule has 2 N–H and O–H groups in total. The molecule has 3 aliphatic rings. The summed E-state index contributed by atoms with van der Waals surface area (Å²) in [5.74, 6) is 0.505. The third-order valence-electron chi connectivity index (χ3n) is 6.51. The lowest BCUT2D eigenvalue weighted by Crippen LogP contribution is -2.56. The molecular weight excluding hydrogens is 400 g/mol. The van der Waals surface area contributed by atoms with Crippen molar-refractivity contribution in [3.05, 3.63) is 53.1 Å². The van der Waals surface area contributed by atoms with Crippen molar-refractivity contribution in [1.82, 2.24) is 19.8 Å². The minimum Gasteiger partial charge on any atom is -0.478 e. The van der Waals surface area contributed by atoms with E-state index in [1.54, 1.807) is 12.1 Å². The van der Waals surface area contributed by atoms with Crippen molar-refractivity contribution in [2.45, 2.75) is 25.4 Å². The van der Waals surface area contributed by atoms with Gasteiger partial charge in [0.05, 0.1) is 21.6 Å². The monoisotopic (exact) mass is 424 g/mol. The predicted molar refractivity (Wildman–Crippen MR) is 118 cm³/mol. The van der Waals surface area contributed by atoms with Crippen molar-refractivity contribution >= 4 is 28.6 Å². The number of imidazole rings is 1. The first-order valence-electron chi connectivity index (χ1n) is 10.5.